The molecule has 1 aliphatic carbocycles. The Balaban J connectivity index is 1.44. The van der Waals surface area contributed by atoms with Crippen molar-refractivity contribution in [2.45, 2.75) is 57.1 Å². The molecule has 0 bridgehead atoms. The maximum absolute atomic E-state index is 11.8. The Kier molecular flexibility index (Phi) is 5.58. The number of benzene rings is 2. The lowest BCUT2D eigenvalue weighted by Crippen LogP contribution is -2.34. The molecule has 1 atom stereocenters. The SMILES string of the molecule is COc1cc2c(cc1OC1CCCC1)[C@@H](CCc1c[nH]c3ccccc13)N([C]=O)CC2. The third-order valence-corrected chi connectivity index (χ3v) is 6.86. The maximum Gasteiger partial charge on any atom is 0.312 e. The minimum absolute atomic E-state index is 0.00764. The van der Waals surface area contributed by atoms with Crippen molar-refractivity contribution < 1.29 is 14.3 Å². The first kappa shape index (κ1) is 20.0. The monoisotopic (exact) mass is 417 g/mol. The third kappa shape index (κ3) is 3.89. The van der Waals surface area contributed by atoms with E-state index in [0.717, 1.165) is 49.1 Å². The molecule has 2 heterocycles. The second-order valence-corrected chi connectivity index (χ2v) is 8.67. The van der Waals surface area contributed by atoms with Gasteiger partial charge in [0.2, 0.25) is 0 Å². The van der Waals surface area contributed by atoms with Gasteiger partial charge in [0.05, 0.1) is 19.3 Å². The minimum Gasteiger partial charge on any atom is -0.493 e. The van der Waals surface area contributed by atoms with Gasteiger partial charge in [0.15, 0.2) is 11.5 Å². The predicted molar refractivity (Wildman–Crippen MR) is 121 cm³/mol. The van der Waals surface area contributed by atoms with Gasteiger partial charge in [-0.05, 0) is 79.8 Å². The van der Waals surface area contributed by atoms with E-state index in [2.05, 4.69) is 47.9 Å². The Morgan fingerprint density at radius 2 is 2.00 bits per heavy atom. The van der Waals surface area contributed by atoms with Crippen LogP contribution >= 0.6 is 0 Å². The molecule has 31 heavy (non-hydrogen) atoms. The van der Waals surface area contributed by atoms with E-state index in [0.29, 0.717) is 6.54 Å². The smallest absolute Gasteiger partial charge is 0.312 e. The molecule has 1 N–H and O–H groups in total. The summed E-state index contributed by atoms with van der Waals surface area (Å²) >= 11 is 0. The average Bonchev–Trinajstić information content (AvgIpc) is 3.47. The molecule has 0 unspecified atom stereocenters. The van der Waals surface area contributed by atoms with E-state index < -0.39 is 0 Å². The Morgan fingerprint density at radius 3 is 2.81 bits per heavy atom. The molecular formula is C26H29N2O3. The quantitative estimate of drug-likeness (QED) is 0.582. The van der Waals surface area contributed by atoms with Gasteiger partial charge in [-0.25, -0.2) is 0 Å². The van der Waals surface area contributed by atoms with Gasteiger partial charge in [0.1, 0.15) is 0 Å². The van der Waals surface area contributed by atoms with Gasteiger partial charge in [-0.3, -0.25) is 4.79 Å². The number of carbonyl (C=O) groups excluding carboxylic acids is 1. The Bertz CT molecular complexity index is 1070. The van der Waals surface area contributed by atoms with Crippen molar-refractivity contribution in [3.05, 3.63) is 59.3 Å². The van der Waals surface area contributed by atoms with Crippen LogP contribution < -0.4 is 9.47 Å². The molecular weight excluding hydrogens is 388 g/mol. The summed E-state index contributed by atoms with van der Waals surface area (Å²) in [4.78, 5) is 17.0. The number of ether oxygens (including phenoxy) is 2. The van der Waals surface area contributed by atoms with Crippen molar-refractivity contribution in [3.63, 3.8) is 0 Å². The van der Waals surface area contributed by atoms with Gasteiger partial charge >= 0.3 is 6.41 Å². The molecule has 1 aliphatic heterocycles. The van der Waals surface area contributed by atoms with Crippen molar-refractivity contribution >= 4 is 17.3 Å². The van der Waals surface area contributed by atoms with Crippen molar-refractivity contribution in [2.24, 2.45) is 0 Å². The number of amides is 1. The molecule has 5 nitrogen and oxygen atoms in total. The van der Waals surface area contributed by atoms with Crippen molar-refractivity contribution in [1.82, 2.24) is 9.88 Å². The summed E-state index contributed by atoms with van der Waals surface area (Å²) in [5, 5.41) is 1.25. The van der Waals surface area contributed by atoms with E-state index in [1.54, 1.807) is 7.11 Å². The number of methoxy groups -OCH3 is 1. The molecule has 2 aliphatic rings. The largest absolute Gasteiger partial charge is 0.493 e. The second kappa shape index (κ2) is 8.66. The molecule has 5 heteroatoms. The predicted octanol–water partition coefficient (Wildman–Crippen LogP) is 5.10. The van der Waals surface area contributed by atoms with Crippen LogP contribution in [0.15, 0.2) is 42.6 Å². The van der Waals surface area contributed by atoms with Crippen LogP contribution in [0.4, 0.5) is 0 Å². The number of para-hydroxylation sites is 1. The lowest BCUT2D eigenvalue weighted by atomic mass is 9.88. The number of hydrogen-bond acceptors (Lipinski definition) is 3. The molecule has 3 aromatic rings. The number of hydrogen-bond donors (Lipinski definition) is 1. The normalized spacial score (nSPS) is 18.9. The van der Waals surface area contributed by atoms with Crippen molar-refractivity contribution in [2.75, 3.05) is 13.7 Å². The van der Waals surface area contributed by atoms with Crippen molar-refractivity contribution in [3.8, 4) is 11.5 Å². The van der Waals surface area contributed by atoms with Gasteiger partial charge in [0, 0.05) is 23.6 Å². The van der Waals surface area contributed by atoms with Crippen LogP contribution in [0.1, 0.15) is 54.8 Å². The lowest BCUT2D eigenvalue weighted by Gasteiger charge is -2.35. The highest BCUT2D eigenvalue weighted by atomic mass is 16.5. The molecule has 1 amide bonds. The number of H-pyrrole nitrogens is 1. The van der Waals surface area contributed by atoms with Crippen LogP contribution in [0.5, 0.6) is 11.5 Å². The van der Waals surface area contributed by atoms with E-state index in [9.17, 15) is 4.79 Å². The molecule has 161 valence electrons. The van der Waals surface area contributed by atoms with Gasteiger partial charge in [-0.1, -0.05) is 18.2 Å². The van der Waals surface area contributed by atoms with E-state index in [1.165, 1.54) is 34.9 Å². The summed E-state index contributed by atoms with van der Waals surface area (Å²) in [5.41, 5.74) is 4.84. The molecule has 1 saturated carbocycles. The summed E-state index contributed by atoms with van der Waals surface area (Å²) in [6.07, 6.45) is 11.7. The molecule has 2 aromatic carbocycles. The maximum atomic E-state index is 11.8. The second-order valence-electron chi connectivity index (χ2n) is 8.67. The van der Waals surface area contributed by atoms with Gasteiger partial charge in [-0.15, -0.1) is 0 Å². The fraction of sp³-hybridized carbons (Fsp3) is 0.423. The first-order chi connectivity index (χ1) is 15.3. The molecule has 0 spiro atoms. The average molecular weight is 418 g/mol. The van der Waals surface area contributed by atoms with Crippen LogP contribution in [0, 0.1) is 0 Å². The van der Waals surface area contributed by atoms with Crippen molar-refractivity contribution in [1.29, 1.82) is 0 Å². The number of aromatic nitrogens is 1. The summed E-state index contributed by atoms with van der Waals surface area (Å²) in [7, 11) is 1.70. The highest BCUT2D eigenvalue weighted by Gasteiger charge is 2.29. The number of rotatable bonds is 7. The number of aromatic amines is 1. The van der Waals surface area contributed by atoms with Gasteiger partial charge in [0.25, 0.3) is 0 Å². The fourth-order valence-corrected chi connectivity index (χ4v) is 5.20. The zero-order chi connectivity index (χ0) is 21.2. The van der Waals surface area contributed by atoms with Crippen LogP contribution in [0.3, 0.4) is 0 Å². The van der Waals surface area contributed by atoms with Crippen LogP contribution in [-0.4, -0.2) is 36.1 Å². The molecule has 5 rings (SSSR count). The van der Waals surface area contributed by atoms with Gasteiger partial charge in [-0.2, -0.15) is 0 Å². The molecule has 0 saturated heterocycles. The van der Waals surface area contributed by atoms with E-state index >= 15 is 0 Å². The molecule has 1 fully saturated rings. The summed E-state index contributed by atoms with van der Waals surface area (Å²) in [6, 6.07) is 12.6. The number of fused-ring (bicyclic) bond motifs is 2. The number of nitrogens with zero attached hydrogens (tertiary/aromatic N) is 1. The Labute approximate surface area is 183 Å². The number of nitrogens with one attached hydrogen (secondary N) is 1. The summed E-state index contributed by atoms with van der Waals surface area (Å²) < 4.78 is 12.0. The fourth-order valence-electron chi connectivity index (χ4n) is 5.20. The lowest BCUT2D eigenvalue weighted by molar-refractivity contribution is 0.198. The number of aryl methyl sites for hydroxylation is 1. The van der Waals surface area contributed by atoms with Crippen LogP contribution in [-0.2, 0) is 17.6 Å². The first-order valence-electron chi connectivity index (χ1n) is 11.3. The van der Waals surface area contributed by atoms with Crippen LogP contribution in [0.25, 0.3) is 10.9 Å². The summed E-state index contributed by atoms with van der Waals surface area (Å²) in [5.74, 6) is 1.60. The highest BCUT2D eigenvalue weighted by Crippen LogP contribution is 2.41. The zero-order valence-corrected chi connectivity index (χ0v) is 18.0. The van der Waals surface area contributed by atoms with Gasteiger partial charge < -0.3 is 19.4 Å². The minimum atomic E-state index is -0.00764. The standard InChI is InChI=1S/C26H29N2O3/c1-30-25-14-18-12-13-28(17-29)24(22(18)15-26(25)31-20-6-2-3-7-20)11-10-19-16-27-23-9-5-4-8-21(19)23/h4-5,8-9,14-16,20,24,27H,2-3,6-7,10-13H2,1H3/t24-/m1/s1. The van der Waals surface area contributed by atoms with E-state index in [4.69, 9.17) is 9.47 Å². The van der Waals surface area contributed by atoms with E-state index in [-0.39, 0.29) is 12.1 Å². The van der Waals surface area contributed by atoms with E-state index in [1.807, 2.05) is 11.0 Å². The molecule has 1 aromatic heterocycles. The highest BCUT2D eigenvalue weighted by molar-refractivity contribution is 5.83. The molecule has 1 radical (unpaired) electrons. The topological polar surface area (TPSA) is 54.6 Å². The zero-order valence-electron chi connectivity index (χ0n) is 18.0. The third-order valence-electron chi connectivity index (χ3n) is 6.86. The Morgan fingerprint density at radius 1 is 1.16 bits per heavy atom. The Hall–Kier alpha value is -2.95. The first-order valence-corrected chi connectivity index (χ1v) is 11.3. The summed E-state index contributed by atoms with van der Waals surface area (Å²) in [6.45, 7) is 0.682. The van der Waals surface area contributed by atoms with Crippen LogP contribution in [0.2, 0.25) is 0 Å².